The number of likely N-dealkylation sites (N-methyl/N-ethyl adjacent to an activating group) is 1. The van der Waals surface area contributed by atoms with Gasteiger partial charge in [0.15, 0.2) is 6.10 Å². The van der Waals surface area contributed by atoms with Gasteiger partial charge >= 0.3 is 0 Å². The van der Waals surface area contributed by atoms with Crippen molar-refractivity contribution in [1.29, 1.82) is 0 Å². The number of ketones is 1. The van der Waals surface area contributed by atoms with Crippen LogP contribution < -0.4 is 4.90 Å². The maximum atomic E-state index is 12.7. The summed E-state index contributed by atoms with van der Waals surface area (Å²) in [5.74, 6) is -0.550. The van der Waals surface area contributed by atoms with Gasteiger partial charge in [-0.3, -0.25) is 9.59 Å². The van der Waals surface area contributed by atoms with E-state index in [9.17, 15) is 9.59 Å². The lowest BCUT2D eigenvalue weighted by Crippen LogP contribution is -2.49. The van der Waals surface area contributed by atoms with E-state index in [2.05, 4.69) is 22.6 Å². The van der Waals surface area contributed by atoms with Crippen molar-refractivity contribution in [3.63, 3.8) is 0 Å². The summed E-state index contributed by atoms with van der Waals surface area (Å²) in [6, 6.07) is 15.1. The zero-order valence-corrected chi connectivity index (χ0v) is 14.8. The molecular weight excluding hydrogens is 405 g/mol. The number of anilines is 1. The van der Waals surface area contributed by atoms with Crippen LogP contribution in [0, 0.1) is 3.57 Å². The Morgan fingerprint density at radius 3 is 2.57 bits per heavy atom. The highest BCUT2D eigenvalue weighted by Gasteiger charge is 2.39. The normalized spacial score (nSPS) is 17.3. The molecule has 118 valence electrons. The average molecular weight is 421 g/mol. The quantitative estimate of drug-likeness (QED) is 0.562. The van der Waals surface area contributed by atoms with E-state index in [1.54, 1.807) is 4.90 Å². The number of carbonyl (C=O) groups excluding carboxylic acids is 2. The Kier molecular flexibility index (Phi) is 4.77. The molecule has 0 N–H and O–H groups in total. The standard InChI is InChI=1S/C18H16INO3/c1-2-20-15-9-8-13(19)10-14(15)16(21)17(18(20)22)23-11-12-6-4-3-5-7-12/h3-10,17H,2,11H2,1H3. The number of amides is 1. The van der Waals surface area contributed by atoms with E-state index in [0.717, 1.165) is 9.13 Å². The number of hydrogen-bond donors (Lipinski definition) is 0. The van der Waals surface area contributed by atoms with Gasteiger partial charge in [-0.2, -0.15) is 0 Å². The molecule has 0 aromatic heterocycles. The molecule has 0 aliphatic carbocycles. The fraction of sp³-hybridized carbons (Fsp3) is 0.222. The Morgan fingerprint density at radius 2 is 1.87 bits per heavy atom. The van der Waals surface area contributed by atoms with E-state index in [1.807, 2.05) is 55.5 Å². The molecule has 1 aliphatic rings. The molecule has 2 aromatic carbocycles. The van der Waals surface area contributed by atoms with Crippen LogP contribution in [0.5, 0.6) is 0 Å². The Morgan fingerprint density at radius 1 is 1.13 bits per heavy atom. The first-order valence-electron chi connectivity index (χ1n) is 7.42. The smallest absolute Gasteiger partial charge is 0.264 e. The van der Waals surface area contributed by atoms with Crippen LogP contribution in [0.15, 0.2) is 48.5 Å². The first-order chi connectivity index (χ1) is 11.1. The first kappa shape index (κ1) is 16.1. The summed E-state index contributed by atoms with van der Waals surface area (Å²) in [6.07, 6.45) is -1.07. The van der Waals surface area contributed by atoms with Gasteiger partial charge in [0.1, 0.15) is 0 Å². The molecule has 23 heavy (non-hydrogen) atoms. The molecule has 0 spiro atoms. The highest BCUT2D eigenvalue weighted by Crippen LogP contribution is 2.30. The van der Waals surface area contributed by atoms with Gasteiger partial charge in [0.05, 0.1) is 12.3 Å². The van der Waals surface area contributed by atoms with Crippen molar-refractivity contribution in [3.05, 3.63) is 63.2 Å². The third kappa shape index (κ3) is 3.16. The van der Waals surface area contributed by atoms with Crippen molar-refractivity contribution >= 4 is 40.0 Å². The molecule has 0 saturated heterocycles. The van der Waals surface area contributed by atoms with Gasteiger partial charge in [-0.1, -0.05) is 30.3 Å². The number of halogens is 1. The Labute approximate surface area is 148 Å². The molecule has 0 fully saturated rings. The van der Waals surface area contributed by atoms with E-state index in [4.69, 9.17) is 4.74 Å². The molecule has 1 aliphatic heterocycles. The summed E-state index contributed by atoms with van der Waals surface area (Å²) in [6.45, 7) is 2.63. The summed E-state index contributed by atoms with van der Waals surface area (Å²) in [5, 5.41) is 0. The third-order valence-corrected chi connectivity index (χ3v) is 4.49. The molecule has 0 bridgehead atoms. The Hall–Kier alpha value is -1.73. The Bertz CT molecular complexity index is 745. The number of fused-ring (bicyclic) bond motifs is 1. The van der Waals surface area contributed by atoms with Crippen molar-refractivity contribution in [1.82, 2.24) is 0 Å². The summed E-state index contributed by atoms with van der Waals surface area (Å²) >= 11 is 2.16. The minimum Gasteiger partial charge on any atom is -0.355 e. The van der Waals surface area contributed by atoms with Crippen LogP contribution in [0.4, 0.5) is 5.69 Å². The zero-order chi connectivity index (χ0) is 16.4. The van der Waals surface area contributed by atoms with Crippen LogP contribution in [-0.2, 0) is 16.1 Å². The molecule has 3 rings (SSSR count). The van der Waals surface area contributed by atoms with E-state index in [0.29, 0.717) is 17.8 Å². The lowest BCUT2D eigenvalue weighted by Gasteiger charge is -2.32. The van der Waals surface area contributed by atoms with E-state index < -0.39 is 6.10 Å². The van der Waals surface area contributed by atoms with Crippen LogP contribution in [-0.4, -0.2) is 24.3 Å². The predicted molar refractivity (Wildman–Crippen MR) is 96.5 cm³/mol. The predicted octanol–water partition coefficient (Wildman–Crippen LogP) is 3.43. The van der Waals surface area contributed by atoms with Gasteiger partial charge in [0, 0.05) is 15.7 Å². The van der Waals surface area contributed by atoms with Gasteiger partial charge in [-0.05, 0) is 53.3 Å². The first-order valence-corrected chi connectivity index (χ1v) is 8.50. The van der Waals surface area contributed by atoms with Gasteiger partial charge < -0.3 is 9.64 Å². The van der Waals surface area contributed by atoms with Crippen molar-refractivity contribution in [2.75, 3.05) is 11.4 Å². The molecule has 5 heteroatoms. The molecule has 0 saturated carbocycles. The highest BCUT2D eigenvalue weighted by molar-refractivity contribution is 14.1. The van der Waals surface area contributed by atoms with Crippen LogP contribution in [0.3, 0.4) is 0 Å². The maximum Gasteiger partial charge on any atom is 0.264 e. The van der Waals surface area contributed by atoms with Crippen LogP contribution >= 0.6 is 22.6 Å². The molecular formula is C18H16INO3. The number of ether oxygens (including phenoxy) is 1. The average Bonchev–Trinajstić information content (AvgIpc) is 2.57. The fourth-order valence-electron chi connectivity index (χ4n) is 2.68. The molecule has 1 atom stereocenters. The van der Waals surface area contributed by atoms with Gasteiger partial charge in [0.2, 0.25) is 5.78 Å². The largest absolute Gasteiger partial charge is 0.355 e. The molecule has 2 aromatic rings. The molecule has 1 unspecified atom stereocenters. The van der Waals surface area contributed by atoms with Crippen molar-refractivity contribution in [2.24, 2.45) is 0 Å². The number of rotatable bonds is 4. The van der Waals surface area contributed by atoms with E-state index in [-0.39, 0.29) is 18.3 Å². The topological polar surface area (TPSA) is 46.6 Å². The summed E-state index contributed by atoms with van der Waals surface area (Å²) in [4.78, 5) is 26.9. The zero-order valence-electron chi connectivity index (χ0n) is 12.7. The van der Waals surface area contributed by atoms with Crippen LogP contribution in [0.25, 0.3) is 0 Å². The minimum absolute atomic E-state index is 0.236. The number of benzene rings is 2. The second kappa shape index (κ2) is 6.80. The van der Waals surface area contributed by atoms with E-state index >= 15 is 0 Å². The Balaban J connectivity index is 1.89. The second-order valence-corrected chi connectivity index (χ2v) is 6.53. The number of hydrogen-bond acceptors (Lipinski definition) is 3. The molecule has 0 radical (unpaired) electrons. The van der Waals surface area contributed by atoms with Crippen molar-refractivity contribution < 1.29 is 14.3 Å². The summed E-state index contributed by atoms with van der Waals surface area (Å²) in [5.41, 5.74) is 2.16. The van der Waals surface area contributed by atoms with Gasteiger partial charge in [0.25, 0.3) is 5.91 Å². The lowest BCUT2D eigenvalue weighted by molar-refractivity contribution is -0.128. The second-order valence-electron chi connectivity index (χ2n) is 5.28. The summed E-state index contributed by atoms with van der Waals surface area (Å²) in [7, 11) is 0. The van der Waals surface area contributed by atoms with Crippen molar-refractivity contribution in [2.45, 2.75) is 19.6 Å². The SMILES string of the molecule is CCN1C(=O)C(OCc2ccccc2)C(=O)c2cc(I)ccc21. The van der Waals surface area contributed by atoms with Crippen molar-refractivity contribution in [3.8, 4) is 0 Å². The number of nitrogens with zero attached hydrogens (tertiary/aromatic N) is 1. The monoisotopic (exact) mass is 421 g/mol. The van der Waals surface area contributed by atoms with Gasteiger partial charge in [-0.25, -0.2) is 0 Å². The molecule has 4 nitrogen and oxygen atoms in total. The van der Waals surface area contributed by atoms with Crippen LogP contribution in [0.1, 0.15) is 22.8 Å². The van der Waals surface area contributed by atoms with Crippen LogP contribution in [0.2, 0.25) is 0 Å². The molecule has 1 amide bonds. The van der Waals surface area contributed by atoms with E-state index in [1.165, 1.54) is 0 Å². The third-order valence-electron chi connectivity index (χ3n) is 3.82. The lowest BCUT2D eigenvalue weighted by atomic mass is 9.97. The molecule has 1 heterocycles. The summed E-state index contributed by atoms with van der Waals surface area (Å²) < 4.78 is 6.64. The number of carbonyl (C=O) groups is 2. The maximum absolute atomic E-state index is 12.7. The van der Waals surface area contributed by atoms with Gasteiger partial charge in [-0.15, -0.1) is 0 Å². The number of Topliss-reactive ketones (excluding diaryl/α,β-unsaturated/α-hetero) is 1. The highest BCUT2D eigenvalue weighted by atomic mass is 127. The minimum atomic E-state index is -1.07. The fourth-order valence-corrected chi connectivity index (χ4v) is 3.17.